The summed E-state index contributed by atoms with van der Waals surface area (Å²) >= 11 is 6.14. The van der Waals surface area contributed by atoms with Gasteiger partial charge in [-0.05, 0) is 44.0 Å². The third-order valence-corrected chi connectivity index (χ3v) is 4.75. The minimum Gasteiger partial charge on any atom is -0.491 e. The van der Waals surface area contributed by atoms with Gasteiger partial charge in [-0.25, -0.2) is 4.39 Å². The van der Waals surface area contributed by atoms with Crippen LogP contribution in [0.4, 0.5) is 4.39 Å². The van der Waals surface area contributed by atoms with Gasteiger partial charge < -0.3 is 9.84 Å². The summed E-state index contributed by atoms with van der Waals surface area (Å²) in [6.45, 7) is 3.05. The van der Waals surface area contributed by atoms with Crippen molar-refractivity contribution < 1.29 is 14.2 Å². The number of hydrogen-bond donors (Lipinski definition) is 1. The summed E-state index contributed by atoms with van der Waals surface area (Å²) in [7, 11) is 0. The van der Waals surface area contributed by atoms with E-state index in [0.717, 1.165) is 24.2 Å². The normalized spacial score (nSPS) is 15.4. The first-order valence-electron chi connectivity index (χ1n) is 8.57. The maximum absolute atomic E-state index is 14.0. The summed E-state index contributed by atoms with van der Waals surface area (Å²) in [5.41, 5.74) is 1.65. The summed E-state index contributed by atoms with van der Waals surface area (Å²) in [5, 5.41) is 10.8. The van der Waals surface area contributed by atoms with E-state index in [1.807, 2.05) is 31.2 Å². The van der Waals surface area contributed by atoms with Crippen LogP contribution in [0.2, 0.25) is 5.02 Å². The van der Waals surface area contributed by atoms with Crippen molar-refractivity contribution >= 4 is 11.6 Å². The van der Waals surface area contributed by atoms with Crippen LogP contribution in [-0.2, 0) is 6.54 Å². The zero-order chi connectivity index (χ0) is 17.8. The fourth-order valence-electron chi connectivity index (χ4n) is 2.82. The molecule has 1 aliphatic carbocycles. The first-order chi connectivity index (χ1) is 12.0. The number of rotatable bonds is 8. The minimum atomic E-state index is -0.646. The lowest BCUT2D eigenvalue weighted by atomic mass is 10.2. The van der Waals surface area contributed by atoms with Crippen LogP contribution in [0.3, 0.4) is 0 Å². The van der Waals surface area contributed by atoms with Crippen molar-refractivity contribution in [3.8, 4) is 5.75 Å². The van der Waals surface area contributed by atoms with Crippen LogP contribution in [-0.4, -0.2) is 35.3 Å². The molecular formula is C20H23ClFNO2. The Morgan fingerprint density at radius 1 is 1.24 bits per heavy atom. The number of aliphatic hydroxyl groups is 1. The number of hydrogen-bond acceptors (Lipinski definition) is 3. The Balaban J connectivity index is 1.57. The number of halogens is 2. The van der Waals surface area contributed by atoms with E-state index >= 15 is 0 Å². The molecule has 2 aromatic rings. The lowest BCUT2D eigenvalue weighted by molar-refractivity contribution is 0.0622. The SMILES string of the molecule is Cc1ccc(OCC(O)CN(Cc2c(F)cccc2Cl)C2CC2)cc1. The molecule has 1 fully saturated rings. The summed E-state index contributed by atoms with van der Waals surface area (Å²) in [6, 6.07) is 12.8. The summed E-state index contributed by atoms with van der Waals surface area (Å²) < 4.78 is 19.7. The van der Waals surface area contributed by atoms with Crippen molar-refractivity contribution in [3.63, 3.8) is 0 Å². The first-order valence-corrected chi connectivity index (χ1v) is 8.95. The Kier molecular flexibility index (Phi) is 5.94. The molecule has 0 amide bonds. The van der Waals surface area contributed by atoms with Crippen molar-refractivity contribution in [2.45, 2.75) is 38.5 Å². The number of ether oxygens (including phenoxy) is 1. The number of aliphatic hydroxyl groups excluding tert-OH is 1. The van der Waals surface area contributed by atoms with E-state index in [-0.39, 0.29) is 12.4 Å². The van der Waals surface area contributed by atoms with Gasteiger partial charge >= 0.3 is 0 Å². The van der Waals surface area contributed by atoms with Crippen molar-refractivity contribution in [2.75, 3.05) is 13.2 Å². The molecule has 2 aromatic carbocycles. The molecule has 0 radical (unpaired) electrons. The molecule has 0 aliphatic heterocycles. The Labute approximate surface area is 153 Å². The second-order valence-corrected chi connectivity index (χ2v) is 7.05. The van der Waals surface area contributed by atoms with Gasteiger partial charge in [-0.1, -0.05) is 35.4 Å². The molecule has 0 heterocycles. The standard InChI is InChI=1S/C20H23ClFNO2/c1-14-5-9-17(10-6-14)25-13-16(24)11-23(15-7-8-15)12-18-19(21)3-2-4-20(18)22/h2-6,9-10,15-16,24H,7-8,11-13H2,1H3. The van der Waals surface area contributed by atoms with Gasteiger partial charge in [0, 0.05) is 29.7 Å². The number of aryl methyl sites for hydroxylation is 1. The maximum Gasteiger partial charge on any atom is 0.129 e. The van der Waals surface area contributed by atoms with Gasteiger partial charge in [0.25, 0.3) is 0 Å². The summed E-state index contributed by atoms with van der Waals surface area (Å²) in [6.07, 6.45) is 1.49. The highest BCUT2D eigenvalue weighted by Gasteiger charge is 2.31. The van der Waals surface area contributed by atoms with E-state index in [2.05, 4.69) is 4.90 Å². The fraction of sp³-hybridized carbons (Fsp3) is 0.400. The van der Waals surface area contributed by atoms with Gasteiger partial charge in [0.1, 0.15) is 24.3 Å². The smallest absolute Gasteiger partial charge is 0.129 e. The van der Waals surface area contributed by atoms with E-state index in [4.69, 9.17) is 16.3 Å². The average Bonchev–Trinajstić information content (AvgIpc) is 3.42. The van der Waals surface area contributed by atoms with Crippen LogP contribution in [0.25, 0.3) is 0 Å². The van der Waals surface area contributed by atoms with E-state index in [1.165, 1.54) is 6.07 Å². The molecule has 1 unspecified atom stereocenters. The van der Waals surface area contributed by atoms with Crippen LogP contribution in [0.5, 0.6) is 5.75 Å². The average molecular weight is 364 g/mol. The van der Waals surface area contributed by atoms with E-state index in [1.54, 1.807) is 12.1 Å². The van der Waals surface area contributed by atoms with Crippen LogP contribution >= 0.6 is 11.6 Å². The van der Waals surface area contributed by atoms with Crippen molar-refractivity contribution in [2.24, 2.45) is 0 Å². The maximum atomic E-state index is 14.0. The molecule has 1 N–H and O–H groups in total. The van der Waals surface area contributed by atoms with Crippen LogP contribution in [0.15, 0.2) is 42.5 Å². The lowest BCUT2D eigenvalue weighted by Crippen LogP contribution is -2.37. The predicted molar refractivity (Wildman–Crippen MR) is 97.5 cm³/mol. The minimum absolute atomic E-state index is 0.206. The lowest BCUT2D eigenvalue weighted by Gasteiger charge is -2.25. The molecule has 1 atom stereocenters. The zero-order valence-electron chi connectivity index (χ0n) is 14.3. The van der Waals surface area contributed by atoms with Gasteiger partial charge in [0.15, 0.2) is 0 Å². The number of benzene rings is 2. The van der Waals surface area contributed by atoms with Gasteiger partial charge in [-0.15, -0.1) is 0 Å². The second-order valence-electron chi connectivity index (χ2n) is 6.64. The quantitative estimate of drug-likeness (QED) is 0.763. The van der Waals surface area contributed by atoms with Gasteiger partial charge in [0.05, 0.1) is 0 Å². The molecule has 0 bridgehead atoms. The van der Waals surface area contributed by atoms with Gasteiger partial charge in [0.2, 0.25) is 0 Å². The van der Waals surface area contributed by atoms with Crippen molar-refractivity contribution in [1.29, 1.82) is 0 Å². The molecule has 0 aromatic heterocycles. The van der Waals surface area contributed by atoms with Crippen LogP contribution in [0, 0.1) is 12.7 Å². The van der Waals surface area contributed by atoms with E-state index in [0.29, 0.717) is 29.7 Å². The highest BCUT2D eigenvalue weighted by molar-refractivity contribution is 6.31. The van der Waals surface area contributed by atoms with E-state index < -0.39 is 6.10 Å². The molecule has 5 heteroatoms. The van der Waals surface area contributed by atoms with Gasteiger partial charge in [-0.3, -0.25) is 4.90 Å². The molecule has 3 nitrogen and oxygen atoms in total. The van der Waals surface area contributed by atoms with Crippen molar-refractivity contribution in [3.05, 3.63) is 64.4 Å². The molecule has 1 saturated carbocycles. The van der Waals surface area contributed by atoms with Crippen LogP contribution < -0.4 is 4.74 Å². The Bertz CT molecular complexity index is 683. The van der Waals surface area contributed by atoms with Gasteiger partial charge in [-0.2, -0.15) is 0 Å². The van der Waals surface area contributed by atoms with E-state index in [9.17, 15) is 9.50 Å². The third kappa shape index (κ3) is 5.18. The first kappa shape index (κ1) is 18.2. The Morgan fingerprint density at radius 2 is 1.96 bits per heavy atom. The highest BCUT2D eigenvalue weighted by atomic mass is 35.5. The predicted octanol–water partition coefficient (Wildman–Crippen LogP) is 4.19. The third-order valence-electron chi connectivity index (χ3n) is 4.39. The molecule has 0 saturated heterocycles. The van der Waals surface area contributed by atoms with Crippen LogP contribution in [0.1, 0.15) is 24.0 Å². The molecule has 3 rings (SSSR count). The second kappa shape index (κ2) is 8.17. The molecule has 134 valence electrons. The summed E-state index contributed by atoms with van der Waals surface area (Å²) in [4.78, 5) is 2.09. The molecule has 1 aliphatic rings. The number of nitrogens with zero attached hydrogens (tertiary/aromatic N) is 1. The van der Waals surface area contributed by atoms with Crippen molar-refractivity contribution in [1.82, 2.24) is 4.90 Å². The molecule has 0 spiro atoms. The molecule has 25 heavy (non-hydrogen) atoms. The molecular weight excluding hydrogens is 341 g/mol. The topological polar surface area (TPSA) is 32.7 Å². The summed E-state index contributed by atoms with van der Waals surface area (Å²) in [5.74, 6) is 0.434. The Hall–Kier alpha value is -1.62. The Morgan fingerprint density at radius 3 is 2.60 bits per heavy atom. The fourth-order valence-corrected chi connectivity index (χ4v) is 3.04. The highest BCUT2D eigenvalue weighted by Crippen LogP contribution is 2.30. The zero-order valence-corrected chi connectivity index (χ0v) is 15.0. The largest absolute Gasteiger partial charge is 0.491 e. The monoisotopic (exact) mass is 363 g/mol.